The molecule has 0 radical (unpaired) electrons. The zero-order chi connectivity index (χ0) is 11.1. The molecule has 0 nitrogen and oxygen atoms in total. The van der Waals surface area contributed by atoms with Crippen molar-refractivity contribution in [3.63, 3.8) is 0 Å². The van der Waals surface area contributed by atoms with Crippen molar-refractivity contribution < 1.29 is 0 Å². The lowest BCUT2D eigenvalue weighted by atomic mass is 10.1. The predicted octanol–water partition coefficient (Wildman–Crippen LogP) is 4.95. The van der Waals surface area contributed by atoms with Crippen molar-refractivity contribution in [2.75, 3.05) is 0 Å². The van der Waals surface area contributed by atoms with E-state index < -0.39 is 0 Å². The molecule has 1 aromatic carbocycles. The molecule has 1 rings (SSSR count). The van der Waals surface area contributed by atoms with E-state index >= 15 is 0 Å². The molecule has 0 saturated carbocycles. The highest BCUT2D eigenvalue weighted by atomic mass is 79.9. The maximum Gasteiger partial charge on any atom is 0.0149 e. The molecule has 84 valence electrons. The van der Waals surface area contributed by atoms with Gasteiger partial charge in [-0.3, -0.25) is 0 Å². The SMILES string of the molecule is CC(Br)CCC(Br)CCc1ccccc1. The van der Waals surface area contributed by atoms with E-state index in [2.05, 4.69) is 69.1 Å². The maximum atomic E-state index is 3.74. The van der Waals surface area contributed by atoms with Gasteiger partial charge in [-0.15, -0.1) is 0 Å². The average Bonchev–Trinajstić information content (AvgIpc) is 2.25. The van der Waals surface area contributed by atoms with Crippen LogP contribution in [-0.4, -0.2) is 9.65 Å². The van der Waals surface area contributed by atoms with Gasteiger partial charge in [0, 0.05) is 9.65 Å². The van der Waals surface area contributed by atoms with Crippen LogP contribution in [0, 0.1) is 0 Å². The Hall–Kier alpha value is 0.180. The lowest BCUT2D eigenvalue weighted by molar-refractivity contribution is 0.665. The molecule has 15 heavy (non-hydrogen) atoms. The Bertz CT molecular complexity index is 256. The lowest BCUT2D eigenvalue weighted by Gasteiger charge is -2.10. The Morgan fingerprint density at radius 3 is 2.27 bits per heavy atom. The molecule has 0 aliphatic rings. The summed E-state index contributed by atoms with van der Waals surface area (Å²) < 4.78 is 0. The first-order valence-corrected chi connectivity index (χ1v) is 7.33. The maximum absolute atomic E-state index is 3.74. The molecule has 0 aromatic heterocycles. The highest BCUT2D eigenvalue weighted by Crippen LogP contribution is 2.18. The Balaban J connectivity index is 2.19. The van der Waals surface area contributed by atoms with Crippen LogP contribution in [0.5, 0.6) is 0 Å². The second kappa shape index (κ2) is 7.45. The van der Waals surface area contributed by atoms with Gasteiger partial charge in [0.05, 0.1) is 0 Å². The van der Waals surface area contributed by atoms with Crippen molar-refractivity contribution in [3.8, 4) is 0 Å². The van der Waals surface area contributed by atoms with Crippen LogP contribution in [0.4, 0.5) is 0 Å². The van der Waals surface area contributed by atoms with E-state index in [1.165, 1.54) is 31.2 Å². The second-order valence-electron chi connectivity index (χ2n) is 3.98. The van der Waals surface area contributed by atoms with Gasteiger partial charge in [0.2, 0.25) is 0 Å². The summed E-state index contributed by atoms with van der Waals surface area (Å²) in [5.41, 5.74) is 1.44. The van der Waals surface area contributed by atoms with Crippen molar-refractivity contribution in [2.24, 2.45) is 0 Å². The summed E-state index contributed by atoms with van der Waals surface area (Å²) in [7, 11) is 0. The summed E-state index contributed by atoms with van der Waals surface area (Å²) in [5.74, 6) is 0. The Morgan fingerprint density at radius 1 is 1.00 bits per heavy atom. The first-order valence-electron chi connectivity index (χ1n) is 5.50. The van der Waals surface area contributed by atoms with Gasteiger partial charge in [0.15, 0.2) is 0 Å². The number of hydrogen-bond acceptors (Lipinski definition) is 0. The van der Waals surface area contributed by atoms with Crippen molar-refractivity contribution in [1.29, 1.82) is 0 Å². The Labute approximate surface area is 110 Å². The van der Waals surface area contributed by atoms with Gasteiger partial charge < -0.3 is 0 Å². The molecule has 2 heteroatoms. The minimum absolute atomic E-state index is 0.634. The normalized spacial score (nSPS) is 14.9. The monoisotopic (exact) mass is 332 g/mol. The summed E-state index contributed by atoms with van der Waals surface area (Å²) in [4.78, 5) is 1.28. The number of halogens is 2. The number of benzene rings is 1. The zero-order valence-corrected chi connectivity index (χ0v) is 12.3. The van der Waals surface area contributed by atoms with Crippen LogP contribution in [0.3, 0.4) is 0 Å². The summed E-state index contributed by atoms with van der Waals surface area (Å²) >= 11 is 7.32. The van der Waals surface area contributed by atoms with Gasteiger partial charge in [0.25, 0.3) is 0 Å². The molecule has 0 fully saturated rings. The smallest absolute Gasteiger partial charge is 0.0149 e. The first-order chi connectivity index (χ1) is 7.18. The molecule has 0 heterocycles. The van der Waals surface area contributed by atoms with Crippen LogP contribution in [0.2, 0.25) is 0 Å². The summed E-state index contributed by atoms with van der Waals surface area (Å²) in [6.07, 6.45) is 4.89. The minimum atomic E-state index is 0.634. The number of alkyl halides is 2. The highest BCUT2D eigenvalue weighted by molar-refractivity contribution is 9.09. The summed E-state index contributed by atoms with van der Waals surface area (Å²) in [6, 6.07) is 10.7. The molecule has 2 atom stereocenters. The molecule has 0 spiro atoms. The van der Waals surface area contributed by atoms with Crippen molar-refractivity contribution >= 4 is 31.9 Å². The molecule has 0 aliphatic carbocycles. The lowest BCUT2D eigenvalue weighted by Crippen LogP contribution is -2.03. The van der Waals surface area contributed by atoms with Crippen LogP contribution in [0.25, 0.3) is 0 Å². The molecule has 0 bridgehead atoms. The largest absolute Gasteiger partial charge is 0.0894 e. The van der Waals surface area contributed by atoms with Gasteiger partial charge in [0.1, 0.15) is 0 Å². The van der Waals surface area contributed by atoms with Crippen LogP contribution >= 0.6 is 31.9 Å². The summed E-state index contributed by atoms with van der Waals surface area (Å²) in [5, 5.41) is 0. The minimum Gasteiger partial charge on any atom is -0.0894 e. The topological polar surface area (TPSA) is 0 Å². The molecular formula is C13H18Br2. The van der Waals surface area contributed by atoms with Gasteiger partial charge in [-0.1, -0.05) is 69.1 Å². The molecule has 0 N–H and O–H groups in total. The summed E-state index contributed by atoms with van der Waals surface area (Å²) in [6.45, 7) is 2.21. The van der Waals surface area contributed by atoms with E-state index in [1.807, 2.05) is 0 Å². The molecular weight excluding hydrogens is 316 g/mol. The third-order valence-corrected chi connectivity index (χ3v) is 3.84. The van der Waals surface area contributed by atoms with Crippen LogP contribution in [0.15, 0.2) is 30.3 Å². The van der Waals surface area contributed by atoms with Crippen LogP contribution in [0.1, 0.15) is 31.7 Å². The fourth-order valence-corrected chi connectivity index (χ4v) is 2.28. The third-order valence-electron chi connectivity index (χ3n) is 2.47. The van der Waals surface area contributed by atoms with Crippen LogP contribution in [-0.2, 0) is 6.42 Å². The fourth-order valence-electron chi connectivity index (χ4n) is 1.52. The second-order valence-corrected chi connectivity index (χ2v) is 6.84. The number of rotatable bonds is 6. The van der Waals surface area contributed by atoms with Crippen molar-refractivity contribution in [1.82, 2.24) is 0 Å². The Morgan fingerprint density at radius 2 is 1.67 bits per heavy atom. The van der Waals surface area contributed by atoms with Crippen molar-refractivity contribution in [2.45, 2.75) is 42.3 Å². The van der Waals surface area contributed by atoms with E-state index in [0.717, 1.165) is 0 Å². The standard InChI is InChI=1S/C13H18Br2/c1-11(14)7-9-13(15)10-8-12-5-3-2-4-6-12/h2-6,11,13H,7-10H2,1H3. The van der Waals surface area contributed by atoms with Gasteiger partial charge in [-0.25, -0.2) is 0 Å². The molecule has 2 unspecified atom stereocenters. The predicted molar refractivity (Wildman–Crippen MR) is 75.1 cm³/mol. The first kappa shape index (κ1) is 13.2. The Kier molecular flexibility index (Phi) is 6.58. The quantitative estimate of drug-likeness (QED) is 0.646. The van der Waals surface area contributed by atoms with Gasteiger partial charge in [-0.05, 0) is 31.2 Å². The molecule has 0 saturated heterocycles. The van der Waals surface area contributed by atoms with Gasteiger partial charge >= 0.3 is 0 Å². The number of aryl methyl sites for hydroxylation is 1. The molecule has 1 aromatic rings. The van der Waals surface area contributed by atoms with Crippen LogP contribution < -0.4 is 0 Å². The fraction of sp³-hybridized carbons (Fsp3) is 0.538. The highest BCUT2D eigenvalue weighted by Gasteiger charge is 2.06. The molecule has 0 amide bonds. The third kappa shape index (κ3) is 6.36. The van der Waals surface area contributed by atoms with E-state index in [-0.39, 0.29) is 0 Å². The molecule has 0 aliphatic heterocycles. The number of hydrogen-bond donors (Lipinski definition) is 0. The van der Waals surface area contributed by atoms with E-state index in [1.54, 1.807) is 0 Å². The van der Waals surface area contributed by atoms with E-state index in [4.69, 9.17) is 0 Å². The average molecular weight is 334 g/mol. The van der Waals surface area contributed by atoms with Crippen molar-refractivity contribution in [3.05, 3.63) is 35.9 Å². The zero-order valence-electron chi connectivity index (χ0n) is 9.13. The van der Waals surface area contributed by atoms with Gasteiger partial charge in [-0.2, -0.15) is 0 Å². The van der Waals surface area contributed by atoms with E-state index in [9.17, 15) is 0 Å². The van der Waals surface area contributed by atoms with E-state index in [0.29, 0.717) is 9.65 Å².